The number of ketones is 1. The fourth-order valence-corrected chi connectivity index (χ4v) is 5.43. The molecule has 1 aliphatic heterocycles. The number of carbonyl (C=O) groups excluding carboxylic acids is 3. The molecule has 2 aromatic heterocycles. The number of benzene rings is 1. The van der Waals surface area contributed by atoms with Gasteiger partial charge < -0.3 is 14.8 Å². The monoisotopic (exact) mass is 505 g/mol. The second kappa shape index (κ2) is 10.2. The largest absolute Gasteiger partial charge is 0.332 e. The SMILES string of the molecule is Cn1ccnc1C(=O)C1CCC(CN2C(=O)c3ccc(Cl)cc3NC(=O)[C@H]2Cc2ccccn2)CC1. The Morgan fingerprint density at radius 3 is 2.58 bits per heavy atom. The van der Waals surface area contributed by atoms with Crippen molar-refractivity contribution in [2.45, 2.75) is 38.1 Å². The van der Waals surface area contributed by atoms with E-state index in [1.54, 1.807) is 46.3 Å². The number of rotatable bonds is 6. The third kappa shape index (κ3) is 4.91. The van der Waals surface area contributed by atoms with E-state index in [1.165, 1.54) is 0 Å². The maximum absolute atomic E-state index is 13.7. The second-order valence-electron chi connectivity index (χ2n) is 9.62. The lowest BCUT2D eigenvalue weighted by atomic mass is 9.79. The molecule has 3 heterocycles. The van der Waals surface area contributed by atoms with Crippen LogP contribution < -0.4 is 5.32 Å². The number of aryl methyl sites for hydroxylation is 1. The number of anilines is 1. The molecular weight excluding hydrogens is 478 g/mol. The third-order valence-electron chi connectivity index (χ3n) is 7.25. The van der Waals surface area contributed by atoms with Crippen molar-refractivity contribution in [3.63, 3.8) is 0 Å². The Kier molecular flexibility index (Phi) is 6.87. The Hall–Kier alpha value is -3.52. The summed E-state index contributed by atoms with van der Waals surface area (Å²) in [6.45, 7) is 0.440. The van der Waals surface area contributed by atoms with E-state index in [1.807, 2.05) is 25.2 Å². The van der Waals surface area contributed by atoms with Gasteiger partial charge in [0.05, 0.1) is 11.3 Å². The van der Waals surface area contributed by atoms with Crippen molar-refractivity contribution in [3.8, 4) is 0 Å². The zero-order valence-electron chi connectivity index (χ0n) is 20.1. The van der Waals surface area contributed by atoms with Crippen LogP contribution in [-0.4, -0.2) is 49.6 Å². The van der Waals surface area contributed by atoms with E-state index >= 15 is 0 Å². The van der Waals surface area contributed by atoms with Crippen molar-refractivity contribution in [3.05, 3.63) is 77.1 Å². The molecule has 0 spiro atoms. The summed E-state index contributed by atoms with van der Waals surface area (Å²) in [5.74, 6) is 0.222. The molecule has 0 bridgehead atoms. The molecule has 2 aliphatic rings. The molecule has 5 rings (SSSR count). The number of halogens is 1. The minimum Gasteiger partial charge on any atom is -0.332 e. The van der Waals surface area contributed by atoms with Crippen molar-refractivity contribution < 1.29 is 14.4 Å². The Morgan fingerprint density at radius 2 is 1.89 bits per heavy atom. The first kappa shape index (κ1) is 24.2. The minimum absolute atomic E-state index is 0.0716. The van der Waals surface area contributed by atoms with Crippen LogP contribution >= 0.6 is 11.6 Å². The number of pyridine rings is 1. The molecule has 3 aromatic rings. The van der Waals surface area contributed by atoms with Crippen LogP contribution in [0.3, 0.4) is 0 Å². The van der Waals surface area contributed by atoms with Crippen LogP contribution in [0.25, 0.3) is 0 Å². The molecule has 36 heavy (non-hydrogen) atoms. The van der Waals surface area contributed by atoms with E-state index in [9.17, 15) is 14.4 Å². The highest BCUT2D eigenvalue weighted by molar-refractivity contribution is 6.31. The van der Waals surface area contributed by atoms with E-state index < -0.39 is 6.04 Å². The van der Waals surface area contributed by atoms with Crippen LogP contribution in [-0.2, 0) is 18.3 Å². The van der Waals surface area contributed by atoms with E-state index in [0.717, 1.165) is 31.4 Å². The normalized spacial score (nSPS) is 22.1. The molecule has 0 saturated heterocycles. The number of hydrogen-bond acceptors (Lipinski definition) is 5. The molecule has 8 nitrogen and oxygen atoms in total. The number of imidazole rings is 1. The number of aromatic nitrogens is 3. The zero-order valence-corrected chi connectivity index (χ0v) is 20.8. The van der Waals surface area contributed by atoms with Crippen LogP contribution in [0.2, 0.25) is 5.02 Å². The topological polar surface area (TPSA) is 97.2 Å². The van der Waals surface area contributed by atoms with Crippen LogP contribution in [0.5, 0.6) is 0 Å². The number of nitrogens with zero attached hydrogens (tertiary/aromatic N) is 4. The second-order valence-corrected chi connectivity index (χ2v) is 10.1. The first-order valence-corrected chi connectivity index (χ1v) is 12.6. The summed E-state index contributed by atoms with van der Waals surface area (Å²) in [5, 5.41) is 3.36. The highest BCUT2D eigenvalue weighted by Gasteiger charge is 2.38. The Labute approximate surface area is 214 Å². The standard InChI is InChI=1S/C27H28ClN5O3/c1-32-13-12-30-25(32)24(34)18-7-5-17(6-8-18)16-33-23(15-20-4-2-3-11-29-20)26(35)31-22-14-19(28)9-10-21(22)27(33)36/h2-4,9-14,17-18,23H,5-8,15-16H2,1H3,(H,31,35)/t17?,18?,23-/m1/s1. The van der Waals surface area contributed by atoms with Crippen molar-refractivity contribution in [1.29, 1.82) is 0 Å². The molecule has 2 amide bonds. The molecule has 1 aliphatic carbocycles. The van der Waals surface area contributed by atoms with Crippen LogP contribution in [0, 0.1) is 11.8 Å². The molecule has 0 radical (unpaired) electrons. The van der Waals surface area contributed by atoms with E-state index in [2.05, 4.69) is 15.3 Å². The Balaban J connectivity index is 1.36. The summed E-state index contributed by atoms with van der Waals surface area (Å²) in [4.78, 5) is 50.3. The molecular formula is C27H28ClN5O3. The highest BCUT2D eigenvalue weighted by Crippen LogP contribution is 2.34. The number of carbonyl (C=O) groups is 3. The van der Waals surface area contributed by atoms with E-state index in [0.29, 0.717) is 35.1 Å². The lowest BCUT2D eigenvalue weighted by molar-refractivity contribution is -0.120. The average Bonchev–Trinajstić information content (AvgIpc) is 3.28. The van der Waals surface area contributed by atoms with E-state index in [-0.39, 0.29) is 29.4 Å². The van der Waals surface area contributed by atoms with Crippen molar-refractivity contribution in [1.82, 2.24) is 19.4 Å². The Bertz CT molecular complexity index is 1280. The van der Waals surface area contributed by atoms with Gasteiger partial charge in [-0.05, 0) is 61.9 Å². The Morgan fingerprint density at radius 1 is 1.08 bits per heavy atom. The minimum atomic E-state index is -0.703. The molecule has 186 valence electrons. The lowest BCUT2D eigenvalue weighted by Crippen LogP contribution is -2.49. The average molecular weight is 506 g/mol. The van der Waals surface area contributed by atoms with Gasteiger partial charge in [-0.1, -0.05) is 17.7 Å². The summed E-state index contributed by atoms with van der Waals surface area (Å²) in [5.41, 5.74) is 1.59. The van der Waals surface area contributed by atoms with Crippen molar-refractivity contribution in [2.75, 3.05) is 11.9 Å². The molecule has 1 fully saturated rings. The summed E-state index contributed by atoms with van der Waals surface area (Å²) in [7, 11) is 1.83. The summed E-state index contributed by atoms with van der Waals surface area (Å²) in [6, 6.07) is 9.79. The fourth-order valence-electron chi connectivity index (χ4n) is 5.26. The zero-order chi connectivity index (χ0) is 25.2. The molecule has 1 aromatic carbocycles. The molecule has 0 unspecified atom stereocenters. The first-order chi connectivity index (χ1) is 17.4. The van der Waals surface area contributed by atoms with Gasteiger partial charge in [-0.25, -0.2) is 4.98 Å². The predicted octanol–water partition coefficient (Wildman–Crippen LogP) is 4.16. The number of amides is 2. The van der Waals surface area contributed by atoms with Gasteiger partial charge in [-0.3, -0.25) is 19.4 Å². The van der Waals surface area contributed by atoms with Gasteiger partial charge in [-0.15, -0.1) is 0 Å². The number of Topliss-reactive ketones (excluding diaryl/α,β-unsaturated/α-hetero) is 1. The van der Waals surface area contributed by atoms with E-state index in [4.69, 9.17) is 11.6 Å². The lowest BCUT2D eigenvalue weighted by Gasteiger charge is -2.35. The van der Waals surface area contributed by atoms with Gasteiger partial charge in [0.25, 0.3) is 5.91 Å². The molecule has 9 heteroatoms. The molecule has 1 atom stereocenters. The van der Waals surface area contributed by atoms with Gasteiger partial charge in [0.1, 0.15) is 6.04 Å². The predicted molar refractivity (Wildman–Crippen MR) is 136 cm³/mol. The summed E-state index contributed by atoms with van der Waals surface area (Å²) in [6.07, 6.45) is 8.50. The smallest absolute Gasteiger partial charge is 0.256 e. The van der Waals surface area contributed by atoms with Gasteiger partial charge >= 0.3 is 0 Å². The highest BCUT2D eigenvalue weighted by atomic mass is 35.5. The quantitative estimate of drug-likeness (QED) is 0.507. The molecule has 1 N–H and O–H groups in total. The molecule has 1 saturated carbocycles. The van der Waals surface area contributed by atoms with Crippen molar-refractivity contribution in [2.24, 2.45) is 18.9 Å². The van der Waals surface area contributed by atoms with Gasteiger partial charge in [0.2, 0.25) is 11.7 Å². The fraction of sp³-hybridized carbons (Fsp3) is 0.370. The summed E-state index contributed by atoms with van der Waals surface area (Å²) < 4.78 is 1.76. The maximum Gasteiger partial charge on any atom is 0.256 e. The van der Waals surface area contributed by atoms with Gasteiger partial charge in [0.15, 0.2) is 5.82 Å². The van der Waals surface area contributed by atoms with Gasteiger partial charge in [0, 0.05) is 55.2 Å². The van der Waals surface area contributed by atoms with Crippen molar-refractivity contribution >= 4 is 34.9 Å². The number of fused-ring (bicyclic) bond motifs is 1. The maximum atomic E-state index is 13.7. The summed E-state index contributed by atoms with van der Waals surface area (Å²) >= 11 is 6.15. The third-order valence-corrected chi connectivity index (χ3v) is 7.49. The van der Waals surface area contributed by atoms with Crippen LogP contribution in [0.4, 0.5) is 5.69 Å². The van der Waals surface area contributed by atoms with Gasteiger partial charge in [-0.2, -0.15) is 0 Å². The first-order valence-electron chi connectivity index (χ1n) is 12.2. The van der Waals surface area contributed by atoms with Crippen LogP contribution in [0.15, 0.2) is 55.0 Å². The van der Waals surface area contributed by atoms with Crippen LogP contribution in [0.1, 0.15) is 52.4 Å². The number of nitrogens with one attached hydrogen (secondary N) is 1. The number of hydrogen-bond donors (Lipinski definition) is 1.